The van der Waals surface area contributed by atoms with Gasteiger partial charge in [0.2, 0.25) is 5.91 Å². The zero-order chi connectivity index (χ0) is 43.0. The Hall–Kier alpha value is -6.11. The van der Waals surface area contributed by atoms with E-state index in [-0.39, 0.29) is 50.4 Å². The van der Waals surface area contributed by atoms with Gasteiger partial charge >= 0.3 is 18.2 Å². The summed E-state index contributed by atoms with van der Waals surface area (Å²) >= 11 is 0. The molecule has 13 heteroatoms. The number of rotatable bonds is 19. The van der Waals surface area contributed by atoms with Gasteiger partial charge in [-0.25, -0.2) is 9.59 Å². The number of hydrogen-bond donors (Lipinski definition) is 3. The number of benzene rings is 3. The lowest BCUT2D eigenvalue weighted by Gasteiger charge is -2.25. The lowest BCUT2D eigenvalue weighted by atomic mass is 9.89. The van der Waals surface area contributed by atoms with Crippen LogP contribution in [-0.2, 0) is 46.4 Å². The van der Waals surface area contributed by atoms with Crippen molar-refractivity contribution in [3.63, 3.8) is 0 Å². The quantitative estimate of drug-likeness (QED) is 0.0477. The molecule has 314 valence electrons. The Kier molecular flexibility index (Phi) is 16.7. The van der Waals surface area contributed by atoms with Gasteiger partial charge in [-0.05, 0) is 84.1 Å². The van der Waals surface area contributed by atoms with Crippen LogP contribution >= 0.6 is 0 Å². The molecule has 3 aromatic carbocycles. The minimum absolute atomic E-state index is 0.00159. The third-order valence-corrected chi connectivity index (χ3v) is 8.94. The molecule has 1 aromatic heterocycles. The first-order valence-corrected chi connectivity index (χ1v) is 19.9. The van der Waals surface area contributed by atoms with Gasteiger partial charge in [-0.3, -0.25) is 24.2 Å². The molecule has 13 nitrogen and oxygen atoms in total. The number of nitrogens with zero attached hydrogens (tertiary/aromatic N) is 1. The maximum atomic E-state index is 14.1. The van der Waals surface area contributed by atoms with Gasteiger partial charge in [0.25, 0.3) is 0 Å². The fraction of sp³-hybridized carbons (Fsp3) is 0.413. The Morgan fingerprint density at radius 1 is 0.661 bits per heavy atom. The maximum absolute atomic E-state index is 14.1. The second-order valence-electron chi connectivity index (χ2n) is 16.4. The number of aromatic nitrogens is 1. The molecule has 0 bridgehead atoms. The van der Waals surface area contributed by atoms with Crippen LogP contribution < -0.4 is 16.0 Å². The van der Waals surface area contributed by atoms with Crippen molar-refractivity contribution in [2.24, 2.45) is 5.92 Å². The van der Waals surface area contributed by atoms with E-state index in [0.29, 0.717) is 12.1 Å². The van der Waals surface area contributed by atoms with Gasteiger partial charge in [-0.2, -0.15) is 0 Å². The van der Waals surface area contributed by atoms with Gasteiger partial charge in [-0.15, -0.1) is 0 Å². The molecule has 0 radical (unpaired) electrons. The van der Waals surface area contributed by atoms with Crippen molar-refractivity contribution >= 4 is 52.2 Å². The fourth-order valence-electron chi connectivity index (χ4n) is 6.17. The predicted octanol–water partition coefficient (Wildman–Crippen LogP) is 8.04. The standard InChI is InChI=1S/C46H56N4O9/c1-45(2,3)58-43(55)49-37(23-15-16-24-39(51)38(50-44(56)59-46(4,5)6)28-41(53)57-30-32-19-11-8-12-20-32)40(52)27-34(25-31-17-9-7-10-18-31)42(54)48-35-26-33-21-13-14-22-36(33)47-29-35/h7-14,17-22,26,29,34,37-38H,15-16,23-25,27-28,30H2,1-6H3,(H,48,54)(H,49,55)(H,50,56)/t34-,37-,38-/m0/s1. The number of carbonyl (C=O) groups excluding carboxylic acids is 6. The third-order valence-electron chi connectivity index (χ3n) is 8.94. The molecule has 0 spiro atoms. The molecule has 3 atom stereocenters. The van der Waals surface area contributed by atoms with Crippen LogP contribution in [0.4, 0.5) is 15.3 Å². The SMILES string of the molecule is CC(C)(C)OC(=O)N[C@@H](CCCCC(=O)[C@H](CC(=O)OCc1ccccc1)NC(=O)OC(C)(C)C)C(=O)C[C@H](Cc1ccccc1)C(=O)Nc1cnc2ccccc2c1. The van der Waals surface area contributed by atoms with Gasteiger partial charge in [0.05, 0.1) is 29.9 Å². The van der Waals surface area contributed by atoms with Crippen molar-refractivity contribution in [1.82, 2.24) is 15.6 Å². The van der Waals surface area contributed by atoms with Crippen molar-refractivity contribution in [2.45, 2.75) is 116 Å². The molecule has 0 aliphatic carbocycles. The normalized spacial score (nSPS) is 13.0. The lowest BCUT2D eigenvalue weighted by Crippen LogP contribution is -2.45. The molecule has 0 fully saturated rings. The summed E-state index contributed by atoms with van der Waals surface area (Å²) in [6.07, 6.45) is 0.186. The highest BCUT2D eigenvalue weighted by Gasteiger charge is 2.31. The summed E-state index contributed by atoms with van der Waals surface area (Å²) in [7, 11) is 0. The minimum Gasteiger partial charge on any atom is -0.461 e. The second-order valence-corrected chi connectivity index (χ2v) is 16.4. The van der Waals surface area contributed by atoms with Crippen molar-refractivity contribution < 1.29 is 43.0 Å². The molecule has 0 unspecified atom stereocenters. The van der Waals surface area contributed by atoms with Gasteiger partial charge in [0.15, 0.2) is 11.6 Å². The third kappa shape index (κ3) is 16.7. The summed E-state index contributed by atoms with van der Waals surface area (Å²) in [6.45, 7) is 10.2. The zero-order valence-electron chi connectivity index (χ0n) is 34.7. The smallest absolute Gasteiger partial charge is 0.408 e. The number of alkyl carbamates (subject to hydrolysis) is 2. The Labute approximate surface area is 346 Å². The lowest BCUT2D eigenvalue weighted by molar-refractivity contribution is -0.146. The van der Waals surface area contributed by atoms with Crippen LogP contribution in [0.25, 0.3) is 10.9 Å². The Morgan fingerprint density at radius 2 is 1.24 bits per heavy atom. The molecule has 0 saturated carbocycles. The van der Waals surface area contributed by atoms with Gasteiger partial charge in [-0.1, -0.05) is 85.3 Å². The van der Waals surface area contributed by atoms with Crippen LogP contribution in [-0.4, -0.2) is 63.9 Å². The van der Waals surface area contributed by atoms with E-state index in [1.54, 1.807) is 59.9 Å². The van der Waals surface area contributed by atoms with Crippen molar-refractivity contribution in [3.05, 3.63) is 108 Å². The summed E-state index contributed by atoms with van der Waals surface area (Å²) in [4.78, 5) is 84.4. The van der Waals surface area contributed by atoms with Crippen molar-refractivity contribution in [2.75, 3.05) is 5.32 Å². The van der Waals surface area contributed by atoms with Crippen molar-refractivity contribution in [3.8, 4) is 0 Å². The van der Waals surface area contributed by atoms with E-state index in [9.17, 15) is 28.8 Å². The maximum Gasteiger partial charge on any atom is 0.408 e. The summed E-state index contributed by atoms with van der Waals surface area (Å²) in [5.74, 6) is -2.69. The number of ketones is 2. The predicted molar refractivity (Wildman–Crippen MR) is 224 cm³/mol. The molecule has 4 rings (SSSR count). The van der Waals surface area contributed by atoms with E-state index in [4.69, 9.17) is 14.2 Å². The molecule has 4 aromatic rings. The van der Waals surface area contributed by atoms with E-state index in [0.717, 1.165) is 22.0 Å². The van der Waals surface area contributed by atoms with E-state index in [1.807, 2.05) is 78.9 Å². The topological polar surface area (TPSA) is 179 Å². The number of hydrogen-bond acceptors (Lipinski definition) is 10. The number of esters is 1. The summed E-state index contributed by atoms with van der Waals surface area (Å²) in [5, 5.41) is 8.98. The monoisotopic (exact) mass is 808 g/mol. The number of Topliss-reactive ketones (excluding diaryl/α,β-unsaturated/α-hetero) is 2. The highest BCUT2D eigenvalue weighted by Crippen LogP contribution is 2.22. The minimum atomic E-state index is -1.22. The number of anilines is 1. The number of para-hydroxylation sites is 1. The van der Waals surface area contributed by atoms with Crippen LogP contribution in [0.2, 0.25) is 0 Å². The number of nitrogens with one attached hydrogen (secondary N) is 3. The highest BCUT2D eigenvalue weighted by atomic mass is 16.6. The highest BCUT2D eigenvalue weighted by molar-refractivity contribution is 5.98. The first-order chi connectivity index (χ1) is 27.9. The number of unbranched alkanes of at least 4 members (excludes halogenated alkanes) is 1. The number of amides is 3. The molecular formula is C46H56N4O9. The van der Waals surface area contributed by atoms with Crippen LogP contribution in [0.5, 0.6) is 0 Å². The molecule has 3 amide bonds. The molecule has 59 heavy (non-hydrogen) atoms. The molecule has 0 aliphatic heterocycles. The van der Waals surface area contributed by atoms with Gasteiger partial charge in [0.1, 0.15) is 23.9 Å². The first kappa shape index (κ1) is 45.6. The molecule has 0 aliphatic rings. The largest absolute Gasteiger partial charge is 0.461 e. The van der Waals surface area contributed by atoms with Gasteiger partial charge in [0, 0.05) is 24.1 Å². The van der Waals surface area contributed by atoms with Gasteiger partial charge < -0.3 is 30.2 Å². The number of pyridine rings is 1. The summed E-state index contributed by atoms with van der Waals surface area (Å²) < 4.78 is 16.2. The summed E-state index contributed by atoms with van der Waals surface area (Å²) in [6, 6.07) is 25.5. The second kappa shape index (κ2) is 21.6. The Bertz CT molecular complexity index is 2040. The molecule has 3 N–H and O–H groups in total. The van der Waals surface area contributed by atoms with Crippen LogP contribution in [0.15, 0.2) is 97.2 Å². The van der Waals surface area contributed by atoms with Crippen LogP contribution in [0.3, 0.4) is 0 Å². The number of carbonyl (C=O) groups is 6. The number of ether oxygens (including phenoxy) is 3. The van der Waals surface area contributed by atoms with Crippen LogP contribution in [0.1, 0.15) is 91.2 Å². The van der Waals surface area contributed by atoms with Crippen molar-refractivity contribution in [1.29, 1.82) is 0 Å². The average molecular weight is 809 g/mol. The van der Waals surface area contributed by atoms with E-state index in [1.165, 1.54) is 0 Å². The molecule has 1 heterocycles. The average Bonchev–Trinajstić information content (AvgIpc) is 3.17. The summed E-state index contributed by atoms with van der Waals surface area (Å²) in [5.41, 5.74) is 1.19. The van der Waals surface area contributed by atoms with E-state index < -0.39 is 59.6 Å². The molecule has 0 saturated heterocycles. The van der Waals surface area contributed by atoms with E-state index in [2.05, 4.69) is 20.9 Å². The Morgan fingerprint density at radius 3 is 1.86 bits per heavy atom. The number of fused-ring (bicyclic) bond motifs is 1. The fourth-order valence-corrected chi connectivity index (χ4v) is 6.17. The van der Waals surface area contributed by atoms with E-state index >= 15 is 0 Å². The first-order valence-electron chi connectivity index (χ1n) is 19.9. The Balaban J connectivity index is 1.45. The molecular weight excluding hydrogens is 753 g/mol. The zero-order valence-corrected chi connectivity index (χ0v) is 34.7. The van der Waals surface area contributed by atoms with Crippen LogP contribution in [0, 0.1) is 5.92 Å².